The molecule has 0 atom stereocenters. The minimum atomic E-state index is 0.802. The summed E-state index contributed by atoms with van der Waals surface area (Å²) in [6.07, 6.45) is 5.01. The lowest BCUT2D eigenvalue weighted by Crippen LogP contribution is -2.18. The monoisotopic (exact) mass is 347 g/mol. The second-order valence-corrected chi connectivity index (χ2v) is 6.79. The fraction of sp³-hybridized carbons (Fsp3) is 0.471. The number of nitrogens with one attached hydrogen (secondary N) is 1. The Morgan fingerprint density at radius 1 is 1.33 bits per heavy atom. The molecule has 1 aliphatic rings. The number of benzene rings is 1. The maximum atomic E-state index is 4.72. The number of rotatable bonds is 6. The van der Waals surface area contributed by atoms with Crippen LogP contribution in [0.1, 0.15) is 36.2 Å². The van der Waals surface area contributed by atoms with Gasteiger partial charge in [0.25, 0.3) is 0 Å². The summed E-state index contributed by atoms with van der Waals surface area (Å²) in [4.78, 5) is 0. The highest BCUT2D eigenvalue weighted by atomic mass is 79.9. The van der Waals surface area contributed by atoms with Crippen molar-refractivity contribution in [2.24, 2.45) is 0 Å². The number of hydrogen-bond donors (Lipinski definition) is 1. The third-order valence-corrected chi connectivity index (χ3v) is 4.60. The molecule has 1 aromatic heterocycles. The standard InChI is InChI=1S/C17H22BrN3/c1-12-17(7-4-10-19-15-8-9-15)13(2)21(20-12)16-6-3-5-14(18)11-16/h3,5-6,11,15,19H,4,7-10H2,1-2H3. The molecule has 112 valence electrons. The van der Waals surface area contributed by atoms with Gasteiger partial charge in [-0.3, -0.25) is 0 Å². The summed E-state index contributed by atoms with van der Waals surface area (Å²) in [6.45, 7) is 5.40. The summed E-state index contributed by atoms with van der Waals surface area (Å²) in [7, 11) is 0. The quantitative estimate of drug-likeness (QED) is 0.802. The number of halogens is 1. The van der Waals surface area contributed by atoms with Crippen LogP contribution in [0.3, 0.4) is 0 Å². The second kappa shape index (κ2) is 6.32. The molecule has 3 rings (SSSR count). The number of aromatic nitrogens is 2. The van der Waals surface area contributed by atoms with Gasteiger partial charge < -0.3 is 5.32 Å². The Morgan fingerprint density at radius 2 is 2.14 bits per heavy atom. The minimum absolute atomic E-state index is 0.802. The van der Waals surface area contributed by atoms with Crippen molar-refractivity contribution in [2.75, 3.05) is 6.54 Å². The molecule has 1 aromatic carbocycles. The van der Waals surface area contributed by atoms with Gasteiger partial charge in [-0.2, -0.15) is 5.10 Å². The predicted molar refractivity (Wildman–Crippen MR) is 90.1 cm³/mol. The molecule has 0 spiro atoms. The Balaban J connectivity index is 1.72. The fourth-order valence-corrected chi connectivity index (χ4v) is 3.14. The van der Waals surface area contributed by atoms with Crippen molar-refractivity contribution in [2.45, 2.75) is 45.6 Å². The van der Waals surface area contributed by atoms with E-state index in [2.05, 4.69) is 58.0 Å². The molecule has 0 bridgehead atoms. The minimum Gasteiger partial charge on any atom is -0.314 e. The van der Waals surface area contributed by atoms with Gasteiger partial charge in [-0.25, -0.2) is 4.68 Å². The van der Waals surface area contributed by atoms with Crippen LogP contribution in [0.5, 0.6) is 0 Å². The molecule has 21 heavy (non-hydrogen) atoms. The van der Waals surface area contributed by atoms with Gasteiger partial charge in [-0.15, -0.1) is 0 Å². The zero-order valence-electron chi connectivity index (χ0n) is 12.7. The molecule has 0 amide bonds. The number of hydrogen-bond acceptors (Lipinski definition) is 2. The van der Waals surface area contributed by atoms with Crippen molar-refractivity contribution in [3.05, 3.63) is 45.7 Å². The molecular weight excluding hydrogens is 326 g/mol. The highest BCUT2D eigenvalue weighted by Crippen LogP contribution is 2.22. The van der Waals surface area contributed by atoms with E-state index in [-0.39, 0.29) is 0 Å². The molecule has 1 aliphatic carbocycles. The van der Waals surface area contributed by atoms with Crippen molar-refractivity contribution >= 4 is 15.9 Å². The SMILES string of the molecule is Cc1nn(-c2cccc(Br)c2)c(C)c1CCCNC1CC1. The lowest BCUT2D eigenvalue weighted by atomic mass is 10.1. The first kappa shape index (κ1) is 14.8. The summed E-state index contributed by atoms with van der Waals surface area (Å²) < 4.78 is 3.15. The third kappa shape index (κ3) is 3.55. The Labute approximate surface area is 134 Å². The first-order valence-corrected chi connectivity index (χ1v) is 8.49. The number of aryl methyl sites for hydroxylation is 1. The third-order valence-electron chi connectivity index (χ3n) is 4.11. The van der Waals surface area contributed by atoms with Gasteiger partial charge in [-0.1, -0.05) is 22.0 Å². The van der Waals surface area contributed by atoms with Crippen LogP contribution >= 0.6 is 15.9 Å². The van der Waals surface area contributed by atoms with Crippen LogP contribution in [-0.2, 0) is 6.42 Å². The lowest BCUT2D eigenvalue weighted by Gasteiger charge is -2.06. The van der Waals surface area contributed by atoms with Crippen molar-refractivity contribution < 1.29 is 0 Å². The van der Waals surface area contributed by atoms with Gasteiger partial charge in [0.05, 0.1) is 11.4 Å². The van der Waals surface area contributed by atoms with Gasteiger partial charge in [0.2, 0.25) is 0 Å². The molecule has 0 aliphatic heterocycles. The molecule has 4 heteroatoms. The van der Waals surface area contributed by atoms with Crippen molar-refractivity contribution in [1.82, 2.24) is 15.1 Å². The normalized spacial score (nSPS) is 14.6. The fourth-order valence-electron chi connectivity index (χ4n) is 2.75. The highest BCUT2D eigenvalue weighted by Gasteiger charge is 2.20. The van der Waals surface area contributed by atoms with E-state index in [1.165, 1.54) is 30.5 Å². The Hall–Kier alpha value is -1.13. The van der Waals surface area contributed by atoms with Crippen LogP contribution < -0.4 is 5.32 Å². The van der Waals surface area contributed by atoms with Crippen LogP contribution in [0.2, 0.25) is 0 Å². The average Bonchev–Trinajstić information content (AvgIpc) is 3.23. The van der Waals surface area contributed by atoms with E-state index < -0.39 is 0 Å². The molecular formula is C17H22BrN3. The first-order valence-electron chi connectivity index (χ1n) is 7.69. The van der Waals surface area contributed by atoms with Crippen LogP contribution in [0.25, 0.3) is 5.69 Å². The first-order chi connectivity index (χ1) is 10.1. The van der Waals surface area contributed by atoms with E-state index in [0.717, 1.165) is 34.9 Å². The summed E-state index contributed by atoms with van der Waals surface area (Å²) in [5, 5.41) is 8.30. The van der Waals surface area contributed by atoms with Crippen LogP contribution in [0.4, 0.5) is 0 Å². The van der Waals surface area contributed by atoms with E-state index in [4.69, 9.17) is 5.10 Å². The zero-order valence-corrected chi connectivity index (χ0v) is 14.3. The van der Waals surface area contributed by atoms with E-state index in [1.54, 1.807) is 0 Å². The predicted octanol–water partition coefficient (Wildman–Crippen LogP) is 3.94. The summed E-state index contributed by atoms with van der Waals surface area (Å²) in [5.41, 5.74) is 4.93. The van der Waals surface area contributed by atoms with Crippen LogP contribution in [-0.4, -0.2) is 22.4 Å². The molecule has 0 saturated heterocycles. The largest absolute Gasteiger partial charge is 0.314 e. The molecule has 2 aromatic rings. The molecule has 1 fully saturated rings. The van der Waals surface area contributed by atoms with Crippen LogP contribution in [0, 0.1) is 13.8 Å². The zero-order chi connectivity index (χ0) is 14.8. The van der Waals surface area contributed by atoms with Crippen molar-refractivity contribution in [3.63, 3.8) is 0 Å². The maximum absolute atomic E-state index is 4.72. The van der Waals surface area contributed by atoms with Crippen molar-refractivity contribution in [1.29, 1.82) is 0 Å². The molecule has 3 nitrogen and oxygen atoms in total. The van der Waals surface area contributed by atoms with Crippen molar-refractivity contribution in [3.8, 4) is 5.69 Å². The Kier molecular flexibility index (Phi) is 4.45. The van der Waals surface area contributed by atoms with Gasteiger partial charge in [0.1, 0.15) is 0 Å². The molecule has 1 N–H and O–H groups in total. The maximum Gasteiger partial charge on any atom is 0.0660 e. The topological polar surface area (TPSA) is 29.9 Å². The van der Waals surface area contributed by atoms with E-state index in [1.807, 2.05) is 6.07 Å². The van der Waals surface area contributed by atoms with Gasteiger partial charge in [-0.05, 0) is 69.8 Å². The highest BCUT2D eigenvalue weighted by molar-refractivity contribution is 9.10. The summed E-state index contributed by atoms with van der Waals surface area (Å²) in [6, 6.07) is 9.10. The molecule has 0 unspecified atom stereocenters. The Morgan fingerprint density at radius 3 is 2.86 bits per heavy atom. The van der Waals surface area contributed by atoms with Gasteiger partial charge >= 0.3 is 0 Å². The molecule has 1 saturated carbocycles. The van der Waals surface area contributed by atoms with Gasteiger partial charge in [0, 0.05) is 16.2 Å². The van der Waals surface area contributed by atoms with E-state index >= 15 is 0 Å². The van der Waals surface area contributed by atoms with E-state index in [0.29, 0.717) is 0 Å². The van der Waals surface area contributed by atoms with Gasteiger partial charge in [0.15, 0.2) is 0 Å². The summed E-state index contributed by atoms with van der Waals surface area (Å²) in [5.74, 6) is 0. The van der Waals surface area contributed by atoms with E-state index in [9.17, 15) is 0 Å². The smallest absolute Gasteiger partial charge is 0.0660 e. The Bertz CT molecular complexity index is 629. The molecule has 1 heterocycles. The number of nitrogens with zero attached hydrogens (tertiary/aromatic N) is 2. The molecule has 0 radical (unpaired) electrons. The second-order valence-electron chi connectivity index (χ2n) is 5.87. The van der Waals surface area contributed by atoms with Crippen LogP contribution in [0.15, 0.2) is 28.7 Å². The summed E-state index contributed by atoms with van der Waals surface area (Å²) >= 11 is 3.53. The lowest BCUT2D eigenvalue weighted by molar-refractivity contribution is 0.644. The average molecular weight is 348 g/mol.